The normalized spacial score (nSPS) is 14.0. The van der Waals surface area contributed by atoms with E-state index in [1.54, 1.807) is 43.6 Å². The number of anilines is 2. The van der Waals surface area contributed by atoms with E-state index >= 15 is 0 Å². The third-order valence-corrected chi connectivity index (χ3v) is 3.61. The first kappa shape index (κ1) is 14.3. The number of nitrogens with zero attached hydrogens (tertiary/aromatic N) is 3. The number of rotatable bonds is 4. The third kappa shape index (κ3) is 3.16. The van der Waals surface area contributed by atoms with Gasteiger partial charge in [0.05, 0.1) is 7.11 Å². The Balaban J connectivity index is 1.72. The minimum absolute atomic E-state index is 0.243. The Bertz CT molecular complexity index is 651. The standard InChI is InChI=1S/C16H18N4O2/c1-22-13-6-4-12(5-7-13)18-15(21)14-8-9-17-16(19-14)20-10-2-3-11-20/h4-9H,2-3,10-11H2,1H3,(H,18,21). The van der Waals surface area contributed by atoms with Crippen molar-refractivity contribution in [3.05, 3.63) is 42.2 Å². The predicted molar refractivity (Wildman–Crippen MR) is 84.4 cm³/mol. The van der Waals surface area contributed by atoms with Gasteiger partial charge in [0.25, 0.3) is 5.91 Å². The van der Waals surface area contributed by atoms with Crippen molar-refractivity contribution in [1.29, 1.82) is 0 Å². The molecule has 1 saturated heterocycles. The van der Waals surface area contributed by atoms with E-state index in [1.165, 1.54) is 0 Å². The molecule has 1 aliphatic rings. The Morgan fingerprint density at radius 2 is 1.91 bits per heavy atom. The molecule has 0 aliphatic carbocycles. The number of aromatic nitrogens is 2. The zero-order chi connectivity index (χ0) is 15.4. The summed E-state index contributed by atoms with van der Waals surface area (Å²) in [7, 11) is 1.61. The van der Waals surface area contributed by atoms with Crippen LogP contribution in [0.2, 0.25) is 0 Å². The quantitative estimate of drug-likeness (QED) is 0.938. The van der Waals surface area contributed by atoms with E-state index in [2.05, 4.69) is 20.2 Å². The molecule has 2 aromatic rings. The molecule has 0 saturated carbocycles. The molecule has 0 bridgehead atoms. The molecule has 1 amide bonds. The summed E-state index contributed by atoms with van der Waals surface area (Å²) in [5.41, 5.74) is 1.07. The topological polar surface area (TPSA) is 67.3 Å². The van der Waals surface area contributed by atoms with Crippen molar-refractivity contribution in [3.8, 4) is 5.75 Å². The first-order chi connectivity index (χ1) is 10.8. The lowest BCUT2D eigenvalue weighted by atomic mass is 10.3. The maximum absolute atomic E-state index is 12.3. The fraction of sp³-hybridized carbons (Fsp3) is 0.312. The van der Waals surface area contributed by atoms with Crippen molar-refractivity contribution in [2.75, 3.05) is 30.4 Å². The number of hydrogen-bond acceptors (Lipinski definition) is 5. The number of ether oxygens (including phenoxy) is 1. The highest BCUT2D eigenvalue weighted by Crippen LogP contribution is 2.17. The summed E-state index contributed by atoms with van der Waals surface area (Å²) in [5, 5.41) is 2.82. The van der Waals surface area contributed by atoms with Crippen LogP contribution in [0.3, 0.4) is 0 Å². The number of carbonyl (C=O) groups is 1. The highest BCUT2D eigenvalue weighted by atomic mass is 16.5. The molecule has 114 valence electrons. The van der Waals surface area contributed by atoms with E-state index in [9.17, 15) is 4.79 Å². The van der Waals surface area contributed by atoms with Crippen LogP contribution in [0.25, 0.3) is 0 Å². The monoisotopic (exact) mass is 298 g/mol. The van der Waals surface area contributed by atoms with Crippen molar-refractivity contribution in [2.45, 2.75) is 12.8 Å². The van der Waals surface area contributed by atoms with Gasteiger partial charge in [0.1, 0.15) is 11.4 Å². The molecule has 0 atom stereocenters. The van der Waals surface area contributed by atoms with E-state index in [-0.39, 0.29) is 5.91 Å². The highest BCUT2D eigenvalue weighted by molar-refractivity contribution is 6.03. The van der Waals surface area contributed by atoms with E-state index in [1.807, 2.05) is 0 Å². The molecule has 22 heavy (non-hydrogen) atoms. The lowest BCUT2D eigenvalue weighted by Gasteiger charge is -2.15. The zero-order valence-corrected chi connectivity index (χ0v) is 12.5. The van der Waals surface area contributed by atoms with E-state index < -0.39 is 0 Å². The molecule has 0 unspecified atom stereocenters. The second-order valence-electron chi connectivity index (χ2n) is 5.12. The summed E-state index contributed by atoms with van der Waals surface area (Å²) in [5.74, 6) is 1.13. The Labute approximate surface area is 129 Å². The Kier molecular flexibility index (Phi) is 4.18. The van der Waals surface area contributed by atoms with Gasteiger partial charge in [-0.15, -0.1) is 0 Å². The fourth-order valence-corrected chi connectivity index (χ4v) is 2.41. The van der Waals surface area contributed by atoms with Gasteiger partial charge < -0.3 is 15.0 Å². The molecule has 6 nitrogen and oxygen atoms in total. The molecule has 1 aliphatic heterocycles. The van der Waals surface area contributed by atoms with Crippen LogP contribution in [0.1, 0.15) is 23.3 Å². The molecular weight excluding hydrogens is 280 g/mol. The van der Waals surface area contributed by atoms with E-state index in [4.69, 9.17) is 4.74 Å². The molecule has 1 fully saturated rings. The number of nitrogens with one attached hydrogen (secondary N) is 1. The largest absolute Gasteiger partial charge is 0.497 e. The molecule has 2 heterocycles. The molecule has 0 spiro atoms. The first-order valence-corrected chi connectivity index (χ1v) is 7.29. The average molecular weight is 298 g/mol. The molecule has 6 heteroatoms. The summed E-state index contributed by atoms with van der Waals surface area (Å²) < 4.78 is 5.09. The summed E-state index contributed by atoms with van der Waals surface area (Å²) in [6, 6.07) is 8.80. The van der Waals surface area contributed by atoms with Gasteiger partial charge in [-0.05, 0) is 43.2 Å². The zero-order valence-electron chi connectivity index (χ0n) is 12.5. The van der Waals surface area contributed by atoms with E-state index in [0.717, 1.165) is 31.7 Å². The minimum Gasteiger partial charge on any atom is -0.497 e. The molecule has 1 aromatic carbocycles. The van der Waals surface area contributed by atoms with Gasteiger partial charge in [-0.25, -0.2) is 9.97 Å². The second-order valence-corrected chi connectivity index (χ2v) is 5.12. The van der Waals surface area contributed by atoms with E-state index in [0.29, 0.717) is 17.3 Å². The number of benzene rings is 1. The molecule has 3 rings (SSSR count). The van der Waals surface area contributed by atoms with Gasteiger partial charge in [0.15, 0.2) is 0 Å². The SMILES string of the molecule is COc1ccc(NC(=O)c2ccnc(N3CCCC3)n2)cc1. The van der Waals surface area contributed by atoms with Crippen molar-refractivity contribution in [2.24, 2.45) is 0 Å². The summed E-state index contributed by atoms with van der Waals surface area (Å²) in [6.45, 7) is 1.90. The van der Waals surface area contributed by atoms with Crippen LogP contribution < -0.4 is 15.0 Å². The van der Waals surface area contributed by atoms with Crippen LogP contribution in [-0.4, -0.2) is 36.1 Å². The first-order valence-electron chi connectivity index (χ1n) is 7.29. The van der Waals surface area contributed by atoms with Gasteiger partial charge in [-0.3, -0.25) is 4.79 Å². The number of amides is 1. The Hall–Kier alpha value is -2.63. The van der Waals surface area contributed by atoms with Crippen LogP contribution in [-0.2, 0) is 0 Å². The summed E-state index contributed by atoms with van der Waals surface area (Å²) >= 11 is 0. The van der Waals surface area contributed by atoms with Gasteiger partial charge in [-0.1, -0.05) is 0 Å². The Morgan fingerprint density at radius 3 is 2.59 bits per heavy atom. The van der Waals surface area contributed by atoms with Crippen LogP contribution in [0, 0.1) is 0 Å². The predicted octanol–water partition coefficient (Wildman–Crippen LogP) is 2.34. The smallest absolute Gasteiger partial charge is 0.274 e. The third-order valence-electron chi connectivity index (χ3n) is 3.61. The van der Waals surface area contributed by atoms with Gasteiger partial charge in [0.2, 0.25) is 5.95 Å². The number of carbonyl (C=O) groups excluding carboxylic acids is 1. The fourth-order valence-electron chi connectivity index (χ4n) is 2.41. The maximum atomic E-state index is 12.3. The lowest BCUT2D eigenvalue weighted by Crippen LogP contribution is -2.22. The van der Waals surface area contributed by atoms with Crippen molar-refractivity contribution >= 4 is 17.5 Å². The van der Waals surface area contributed by atoms with Gasteiger partial charge >= 0.3 is 0 Å². The van der Waals surface area contributed by atoms with Gasteiger partial charge in [0, 0.05) is 25.0 Å². The molecular formula is C16H18N4O2. The van der Waals surface area contributed by atoms with Crippen molar-refractivity contribution < 1.29 is 9.53 Å². The van der Waals surface area contributed by atoms with Gasteiger partial charge in [-0.2, -0.15) is 0 Å². The van der Waals surface area contributed by atoms with Crippen LogP contribution in [0.5, 0.6) is 5.75 Å². The molecule has 1 N–H and O–H groups in total. The minimum atomic E-state index is -0.243. The molecule has 0 radical (unpaired) electrons. The second kappa shape index (κ2) is 6.43. The number of hydrogen-bond donors (Lipinski definition) is 1. The average Bonchev–Trinajstić information content (AvgIpc) is 3.10. The van der Waals surface area contributed by atoms with Crippen LogP contribution in [0.15, 0.2) is 36.5 Å². The Morgan fingerprint density at radius 1 is 1.18 bits per heavy atom. The number of methoxy groups -OCH3 is 1. The summed E-state index contributed by atoms with van der Waals surface area (Å²) in [6.07, 6.45) is 3.92. The maximum Gasteiger partial charge on any atom is 0.274 e. The van der Waals surface area contributed by atoms with Crippen LogP contribution >= 0.6 is 0 Å². The summed E-state index contributed by atoms with van der Waals surface area (Å²) in [4.78, 5) is 23.0. The van der Waals surface area contributed by atoms with Crippen molar-refractivity contribution in [3.63, 3.8) is 0 Å². The van der Waals surface area contributed by atoms with Crippen molar-refractivity contribution in [1.82, 2.24) is 9.97 Å². The van der Waals surface area contributed by atoms with Crippen LogP contribution in [0.4, 0.5) is 11.6 Å². The molecule has 1 aromatic heterocycles. The lowest BCUT2D eigenvalue weighted by molar-refractivity contribution is 0.102. The highest BCUT2D eigenvalue weighted by Gasteiger charge is 2.17.